The zero-order chi connectivity index (χ0) is 20.5. The van der Waals surface area contributed by atoms with Gasteiger partial charge in [-0.15, -0.1) is 0 Å². The Morgan fingerprint density at radius 2 is 1.11 bits per heavy atom. The lowest BCUT2D eigenvalue weighted by atomic mass is 10.1. The highest BCUT2D eigenvalue weighted by molar-refractivity contribution is 9.09. The first kappa shape index (κ1) is 28.1. The molecular weight excluding hydrogens is 412 g/mol. The maximum Gasteiger partial charge on any atom is 0.157 e. The molecular formula is C25H49BrO2. The van der Waals surface area contributed by atoms with E-state index in [0.29, 0.717) is 0 Å². The SMILES string of the molecule is CCCCCCCOC(CCCCC/C=C/CCCBr)OCCCCCCC. The molecule has 0 aliphatic heterocycles. The van der Waals surface area contributed by atoms with E-state index in [0.717, 1.165) is 25.0 Å². The largest absolute Gasteiger partial charge is 0.353 e. The van der Waals surface area contributed by atoms with Crippen LogP contribution in [0.25, 0.3) is 0 Å². The van der Waals surface area contributed by atoms with Crippen molar-refractivity contribution in [3.63, 3.8) is 0 Å². The number of halogens is 1. The van der Waals surface area contributed by atoms with Gasteiger partial charge in [0.25, 0.3) is 0 Å². The lowest BCUT2D eigenvalue weighted by Crippen LogP contribution is -2.19. The van der Waals surface area contributed by atoms with E-state index in [1.165, 1.54) is 103 Å². The molecule has 0 amide bonds. The highest BCUT2D eigenvalue weighted by Gasteiger charge is 2.09. The van der Waals surface area contributed by atoms with E-state index in [-0.39, 0.29) is 6.29 Å². The Bertz CT molecular complexity index is 291. The lowest BCUT2D eigenvalue weighted by Gasteiger charge is -2.19. The fourth-order valence-electron chi connectivity index (χ4n) is 3.24. The predicted molar refractivity (Wildman–Crippen MR) is 128 cm³/mol. The van der Waals surface area contributed by atoms with E-state index < -0.39 is 0 Å². The van der Waals surface area contributed by atoms with Crippen LogP contribution in [0.3, 0.4) is 0 Å². The molecule has 0 aromatic carbocycles. The minimum atomic E-state index is 0.0202. The Morgan fingerprint density at radius 3 is 1.64 bits per heavy atom. The van der Waals surface area contributed by atoms with Gasteiger partial charge < -0.3 is 9.47 Å². The van der Waals surface area contributed by atoms with Crippen LogP contribution >= 0.6 is 15.9 Å². The summed E-state index contributed by atoms with van der Waals surface area (Å²) in [6, 6.07) is 0. The number of unbranched alkanes of at least 4 members (excludes halogenated alkanes) is 12. The monoisotopic (exact) mass is 460 g/mol. The van der Waals surface area contributed by atoms with Crippen LogP contribution in [-0.2, 0) is 9.47 Å². The van der Waals surface area contributed by atoms with Gasteiger partial charge in [-0.25, -0.2) is 0 Å². The molecule has 28 heavy (non-hydrogen) atoms. The van der Waals surface area contributed by atoms with E-state index in [1.54, 1.807) is 0 Å². The van der Waals surface area contributed by atoms with Crippen LogP contribution in [0.5, 0.6) is 0 Å². The summed E-state index contributed by atoms with van der Waals surface area (Å²) in [5.74, 6) is 0. The summed E-state index contributed by atoms with van der Waals surface area (Å²) >= 11 is 3.48. The van der Waals surface area contributed by atoms with Gasteiger partial charge in [-0.2, -0.15) is 0 Å². The number of hydrogen-bond donors (Lipinski definition) is 0. The minimum absolute atomic E-state index is 0.0202. The van der Waals surface area contributed by atoms with Gasteiger partial charge in [-0.05, 0) is 51.4 Å². The number of rotatable bonds is 23. The van der Waals surface area contributed by atoms with Crippen molar-refractivity contribution in [1.82, 2.24) is 0 Å². The maximum atomic E-state index is 6.08. The van der Waals surface area contributed by atoms with Crippen molar-refractivity contribution >= 4 is 15.9 Å². The van der Waals surface area contributed by atoms with Gasteiger partial charge in [-0.1, -0.05) is 99.7 Å². The molecule has 0 spiro atoms. The molecule has 0 unspecified atom stereocenters. The standard InChI is InChI=1S/C25H49BrO2/c1-3-5-7-15-19-23-27-25(28-24-20-16-8-6-4-2)21-17-13-11-9-10-12-14-18-22-26/h10,12,25H,3-9,11,13-24H2,1-2H3/b12-10+. The van der Waals surface area contributed by atoms with Crippen LogP contribution in [0.2, 0.25) is 0 Å². The zero-order valence-corrected chi connectivity index (χ0v) is 20.7. The highest BCUT2D eigenvalue weighted by Crippen LogP contribution is 2.13. The molecule has 0 radical (unpaired) electrons. The van der Waals surface area contributed by atoms with Gasteiger partial charge in [0, 0.05) is 18.5 Å². The quantitative estimate of drug-likeness (QED) is 0.0654. The van der Waals surface area contributed by atoms with Crippen molar-refractivity contribution in [2.45, 2.75) is 129 Å². The smallest absolute Gasteiger partial charge is 0.157 e. The second-order valence-electron chi connectivity index (χ2n) is 7.94. The molecule has 0 atom stereocenters. The molecule has 168 valence electrons. The molecule has 0 N–H and O–H groups in total. The fourth-order valence-corrected chi connectivity index (χ4v) is 3.56. The Hall–Kier alpha value is 0.140. The summed E-state index contributed by atoms with van der Waals surface area (Å²) in [6.07, 6.45) is 26.1. The molecule has 0 fully saturated rings. The summed E-state index contributed by atoms with van der Waals surface area (Å²) in [4.78, 5) is 0. The van der Waals surface area contributed by atoms with Gasteiger partial charge in [0.05, 0.1) is 0 Å². The van der Waals surface area contributed by atoms with Gasteiger partial charge in [0.15, 0.2) is 6.29 Å². The first-order valence-corrected chi connectivity index (χ1v) is 13.4. The minimum Gasteiger partial charge on any atom is -0.353 e. The van der Waals surface area contributed by atoms with Crippen LogP contribution < -0.4 is 0 Å². The van der Waals surface area contributed by atoms with Crippen molar-refractivity contribution in [3.05, 3.63) is 12.2 Å². The average Bonchev–Trinajstić information content (AvgIpc) is 2.71. The Balaban J connectivity index is 3.83. The number of hydrogen-bond acceptors (Lipinski definition) is 2. The molecule has 0 aliphatic rings. The summed E-state index contributed by atoms with van der Waals surface area (Å²) in [7, 11) is 0. The third kappa shape index (κ3) is 22.4. The summed E-state index contributed by atoms with van der Waals surface area (Å²) in [6.45, 7) is 6.25. The van der Waals surface area contributed by atoms with Crippen molar-refractivity contribution < 1.29 is 9.47 Å². The molecule has 0 saturated carbocycles. The van der Waals surface area contributed by atoms with Crippen LogP contribution in [0.15, 0.2) is 12.2 Å². The lowest BCUT2D eigenvalue weighted by molar-refractivity contribution is -0.148. The highest BCUT2D eigenvalue weighted by atomic mass is 79.9. The number of allylic oxidation sites excluding steroid dienone is 2. The maximum absolute atomic E-state index is 6.08. The summed E-state index contributed by atoms with van der Waals surface area (Å²) in [5, 5.41) is 1.11. The average molecular weight is 462 g/mol. The second-order valence-corrected chi connectivity index (χ2v) is 8.73. The van der Waals surface area contributed by atoms with Crippen LogP contribution in [0.4, 0.5) is 0 Å². The number of alkyl halides is 1. The third-order valence-electron chi connectivity index (χ3n) is 5.08. The Labute approximate surface area is 185 Å². The van der Waals surface area contributed by atoms with Gasteiger partial charge in [0.1, 0.15) is 0 Å². The van der Waals surface area contributed by atoms with E-state index in [4.69, 9.17) is 9.47 Å². The van der Waals surface area contributed by atoms with Gasteiger partial charge >= 0.3 is 0 Å². The van der Waals surface area contributed by atoms with Crippen molar-refractivity contribution in [2.24, 2.45) is 0 Å². The Morgan fingerprint density at radius 1 is 0.607 bits per heavy atom. The van der Waals surface area contributed by atoms with Crippen molar-refractivity contribution in [2.75, 3.05) is 18.5 Å². The van der Waals surface area contributed by atoms with E-state index >= 15 is 0 Å². The fraction of sp³-hybridized carbons (Fsp3) is 0.920. The molecule has 0 aromatic heterocycles. The molecule has 2 nitrogen and oxygen atoms in total. The van der Waals surface area contributed by atoms with Crippen molar-refractivity contribution in [3.8, 4) is 0 Å². The molecule has 0 saturated heterocycles. The summed E-state index contributed by atoms with van der Waals surface area (Å²) < 4.78 is 12.2. The molecule has 0 bridgehead atoms. The van der Waals surface area contributed by atoms with E-state index in [1.807, 2.05) is 0 Å². The predicted octanol–water partition coefficient (Wildman–Crippen LogP) is 8.97. The van der Waals surface area contributed by atoms with Crippen LogP contribution in [0.1, 0.15) is 123 Å². The molecule has 0 rings (SSSR count). The van der Waals surface area contributed by atoms with Gasteiger partial charge in [0.2, 0.25) is 0 Å². The summed E-state index contributed by atoms with van der Waals surface area (Å²) in [5.41, 5.74) is 0. The van der Waals surface area contributed by atoms with Gasteiger partial charge in [-0.3, -0.25) is 0 Å². The normalized spacial score (nSPS) is 11.9. The zero-order valence-electron chi connectivity index (χ0n) is 19.1. The van der Waals surface area contributed by atoms with Crippen molar-refractivity contribution in [1.29, 1.82) is 0 Å². The molecule has 0 aromatic rings. The topological polar surface area (TPSA) is 18.5 Å². The number of ether oxygens (including phenoxy) is 2. The first-order chi connectivity index (χ1) is 13.8. The second kappa shape index (κ2) is 25.2. The van der Waals surface area contributed by atoms with Crippen LogP contribution in [-0.4, -0.2) is 24.8 Å². The van der Waals surface area contributed by atoms with E-state index in [9.17, 15) is 0 Å². The molecule has 0 heterocycles. The Kier molecular flexibility index (Phi) is 25.3. The molecule has 3 heteroatoms. The van der Waals surface area contributed by atoms with Crippen LogP contribution in [0, 0.1) is 0 Å². The van der Waals surface area contributed by atoms with E-state index in [2.05, 4.69) is 41.9 Å². The molecule has 0 aliphatic carbocycles. The third-order valence-corrected chi connectivity index (χ3v) is 5.65. The first-order valence-electron chi connectivity index (χ1n) is 12.3.